The molecule has 4 unspecified atom stereocenters. The number of likely N-dealkylation sites (tertiary alicyclic amines) is 1. The second kappa shape index (κ2) is 11.6. The summed E-state index contributed by atoms with van der Waals surface area (Å²) in [7, 11) is 3.16. The number of esters is 1. The van der Waals surface area contributed by atoms with Gasteiger partial charge in [0.15, 0.2) is 0 Å². The van der Waals surface area contributed by atoms with Crippen LogP contribution >= 0.6 is 0 Å². The summed E-state index contributed by atoms with van der Waals surface area (Å²) in [5.41, 5.74) is 2.31. The summed E-state index contributed by atoms with van der Waals surface area (Å²) in [5.74, 6) is 0.565. The molecule has 0 spiro atoms. The molecule has 0 saturated carbocycles. The largest absolute Gasteiger partial charge is 0.497 e. The van der Waals surface area contributed by atoms with Gasteiger partial charge in [0, 0.05) is 36.5 Å². The standard InChI is InChI=1S/C30H34N4O5/c1-4-39-30(36)27-14-13-26(20-10-6-5-7-11-20)34(27)29(35)28(25-18-22-12-8-9-15-33(22)32-25)31-21-16-23(37-2)19-24(17-21)38-3/h5-12,15-17,19,22,26-28,31H,4,13-14,18H2,1-3H3. The number of hydrogen-bond donors (Lipinski definition) is 1. The van der Waals surface area contributed by atoms with Gasteiger partial charge in [0.25, 0.3) is 5.91 Å². The zero-order valence-corrected chi connectivity index (χ0v) is 22.4. The van der Waals surface area contributed by atoms with Crippen LogP contribution in [0.15, 0.2) is 78.1 Å². The van der Waals surface area contributed by atoms with Crippen LogP contribution in [0, 0.1) is 0 Å². The molecule has 2 aromatic carbocycles. The molecule has 2 aromatic rings. The number of methoxy groups -OCH3 is 2. The average Bonchev–Trinajstić information content (AvgIpc) is 3.61. The van der Waals surface area contributed by atoms with E-state index < -0.39 is 12.1 Å². The van der Waals surface area contributed by atoms with Gasteiger partial charge in [-0.05, 0) is 31.4 Å². The van der Waals surface area contributed by atoms with E-state index in [-0.39, 0.29) is 30.6 Å². The highest BCUT2D eigenvalue weighted by atomic mass is 16.5. The van der Waals surface area contributed by atoms with Crippen molar-refractivity contribution in [2.24, 2.45) is 5.10 Å². The molecule has 39 heavy (non-hydrogen) atoms. The van der Waals surface area contributed by atoms with Crippen LogP contribution in [0.2, 0.25) is 0 Å². The Kier molecular flexibility index (Phi) is 7.86. The molecule has 0 aliphatic carbocycles. The number of allylic oxidation sites excluding steroid dienone is 2. The van der Waals surface area contributed by atoms with Crippen molar-refractivity contribution in [2.45, 2.75) is 50.4 Å². The van der Waals surface area contributed by atoms with Crippen LogP contribution in [0.25, 0.3) is 0 Å². The van der Waals surface area contributed by atoms with Crippen LogP contribution in [-0.4, -0.2) is 66.4 Å². The average molecular weight is 531 g/mol. The lowest BCUT2D eigenvalue weighted by atomic mass is 10.00. The zero-order valence-electron chi connectivity index (χ0n) is 22.4. The number of carbonyl (C=O) groups is 2. The smallest absolute Gasteiger partial charge is 0.328 e. The molecular weight excluding hydrogens is 496 g/mol. The lowest BCUT2D eigenvalue weighted by molar-refractivity contribution is -0.154. The van der Waals surface area contributed by atoms with E-state index in [4.69, 9.17) is 19.3 Å². The fourth-order valence-electron chi connectivity index (χ4n) is 5.46. The highest BCUT2D eigenvalue weighted by Crippen LogP contribution is 2.38. The predicted octanol–water partition coefficient (Wildman–Crippen LogP) is 4.29. The van der Waals surface area contributed by atoms with E-state index in [1.165, 1.54) is 0 Å². The van der Waals surface area contributed by atoms with Crippen LogP contribution in [0.4, 0.5) is 5.69 Å². The maximum Gasteiger partial charge on any atom is 0.328 e. The number of fused-ring (bicyclic) bond motifs is 1. The number of nitrogens with zero attached hydrogens (tertiary/aromatic N) is 3. The van der Waals surface area contributed by atoms with Gasteiger partial charge in [-0.2, -0.15) is 5.10 Å². The number of ether oxygens (including phenoxy) is 3. The molecule has 9 nitrogen and oxygen atoms in total. The SMILES string of the molecule is CCOC(=O)C1CCC(c2ccccc2)N1C(=O)C(Nc1cc(OC)cc(OC)c1)C1=NN2C=CC=CC2C1. The van der Waals surface area contributed by atoms with E-state index in [1.54, 1.807) is 32.1 Å². The van der Waals surface area contributed by atoms with E-state index in [9.17, 15) is 9.59 Å². The number of amides is 1. The lowest BCUT2D eigenvalue weighted by Gasteiger charge is -2.33. The molecule has 0 bridgehead atoms. The van der Waals surface area contributed by atoms with Crippen molar-refractivity contribution in [3.8, 4) is 11.5 Å². The van der Waals surface area contributed by atoms with E-state index >= 15 is 0 Å². The fraction of sp³-hybridized carbons (Fsp3) is 0.367. The molecule has 9 heteroatoms. The van der Waals surface area contributed by atoms with Crippen molar-refractivity contribution in [1.82, 2.24) is 9.91 Å². The number of nitrogens with one attached hydrogen (secondary N) is 1. The summed E-state index contributed by atoms with van der Waals surface area (Å²) in [6.07, 6.45) is 9.62. The highest BCUT2D eigenvalue weighted by molar-refractivity contribution is 6.12. The molecule has 4 atom stereocenters. The Bertz CT molecular complexity index is 1270. The molecular formula is C30H34N4O5. The van der Waals surface area contributed by atoms with Gasteiger partial charge in [-0.3, -0.25) is 9.80 Å². The summed E-state index contributed by atoms with van der Waals surface area (Å²) in [6, 6.07) is 13.5. The first-order chi connectivity index (χ1) is 19.0. The quantitative estimate of drug-likeness (QED) is 0.484. The van der Waals surface area contributed by atoms with E-state index in [0.717, 1.165) is 5.56 Å². The number of anilines is 1. The molecule has 204 valence electrons. The molecule has 0 radical (unpaired) electrons. The van der Waals surface area contributed by atoms with Gasteiger partial charge in [0.2, 0.25) is 0 Å². The van der Waals surface area contributed by atoms with Crippen molar-refractivity contribution in [3.05, 3.63) is 78.5 Å². The first-order valence-corrected chi connectivity index (χ1v) is 13.3. The first kappa shape index (κ1) is 26.3. The van der Waals surface area contributed by atoms with Crippen molar-refractivity contribution in [3.63, 3.8) is 0 Å². The Morgan fingerprint density at radius 2 is 1.79 bits per heavy atom. The van der Waals surface area contributed by atoms with Crippen LogP contribution in [0.3, 0.4) is 0 Å². The summed E-state index contributed by atoms with van der Waals surface area (Å²) >= 11 is 0. The third-order valence-electron chi connectivity index (χ3n) is 7.31. The molecule has 3 aliphatic rings. The Balaban J connectivity index is 1.55. The maximum atomic E-state index is 14.6. The number of benzene rings is 2. The van der Waals surface area contributed by atoms with Gasteiger partial charge < -0.3 is 24.4 Å². The lowest BCUT2D eigenvalue weighted by Crippen LogP contribution is -2.52. The molecule has 1 saturated heterocycles. The Hall–Kier alpha value is -4.27. The van der Waals surface area contributed by atoms with E-state index in [1.807, 2.05) is 65.8 Å². The summed E-state index contributed by atoms with van der Waals surface area (Å²) in [4.78, 5) is 29.4. The number of hydrogen-bond acceptors (Lipinski definition) is 8. The molecule has 3 heterocycles. The molecule has 1 N–H and O–H groups in total. The molecule has 5 rings (SSSR count). The van der Waals surface area contributed by atoms with Crippen LogP contribution in [0.1, 0.15) is 37.8 Å². The van der Waals surface area contributed by atoms with Crippen LogP contribution < -0.4 is 14.8 Å². The Morgan fingerprint density at radius 1 is 1.05 bits per heavy atom. The van der Waals surface area contributed by atoms with E-state index in [2.05, 4.69) is 11.4 Å². The van der Waals surface area contributed by atoms with Crippen molar-refractivity contribution in [1.29, 1.82) is 0 Å². The monoisotopic (exact) mass is 530 g/mol. The van der Waals surface area contributed by atoms with Gasteiger partial charge in [-0.15, -0.1) is 0 Å². The number of carbonyl (C=O) groups excluding carboxylic acids is 2. The molecule has 1 amide bonds. The molecule has 1 fully saturated rings. The topological polar surface area (TPSA) is 92.7 Å². The summed E-state index contributed by atoms with van der Waals surface area (Å²) in [6.45, 7) is 2.03. The minimum absolute atomic E-state index is 0.0336. The van der Waals surface area contributed by atoms with Gasteiger partial charge >= 0.3 is 5.97 Å². The number of hydrazone groups is 1. The minimum atomic E-state index is -0.824. The van der Waals surface area contributed by atoms with Crippen molar-refractivity contribution < 1.29 is 23.8 Å². The second-order valence-corrected chi connectivity index (χ2v) is 9.67. The maximum absolute atomic E-state index is 14.6. The zero-order chi connectivity index (χ0) is 27.4. The van der Waals surface area contributed by atoms with Gasteiger partial charge in [0.05, 0.1) is 38.6 Å². The summed E-state index contributed by atoms with van der Waals surface area (Å²) in [5, 5.41) is 10.1. The third-order valence-corrected chi connectivity index (χ3v) is 7.31. The van der Waals surface area contributed by atoms with Gasteiger partial charge in [-0.25, -0.2) is 4.79 Å². The first-order valence-electron chi connectivity index (χ1n) is 13.3. The van der Waals surface area contributed by atoms with E-state index in [0.29, 0.717) is 42.2 Å². The minimum Gasteiger partial charge on any atom is -0.497 e. The third kappa shape index (κ3) is 5.48. The Labute approximate surface area is 228 Å². The normalized spacial score (nSPS) is 22.2. The van der Waals surface area contributed by atoms with Gasteiger partial charge in [-0.1, -0.05) is 42.5 Å². The van der Waals surface area contributed by atoms with Crippen LogP contribution in [-0.2, 0) is 14.3 Å². The Morgan fingerprint density at radius 3 is 2.46 bits per heavy atom. The highest BCUT2D eigenvalue weighted by Gasteiger charge is 2.46. The van der Waals surface area contributed by atoms with Crippen molar-refractivity contribution >= 4 is 23.3 Å². The van der Waals surface area contributed by atoms with Crippen LogP contribution in [0.5, 0.6) is 11.5 Å². The van der Waals surface area contributed by atoms with Crippen molar-refractivity contribution in [2.75, 3.05) is 26.1 Å². The number of rotatable bonds is 9. The van der Waals surface area contributed by atoms with Gasteiger partial charge in [0.1, 0.15) is 23.6 Å². The predicted molar refractivity (Wildman–Crippen MR) is 149 cm³/mol. The molecule has 3 aliphatic heterocycles. The summed E-state index contributed by atoms with van der Waals surface area (Å²) < 4.78 is 16.3. The fourth-order valence-corrected chi connectivity index (χ4v) is 5.46. The molecule has 0 aromatic heterocycles. The second-order valence-electron chi connectivity index (χ2n) is 9.67.